The molecule has 3 aliphatic heterocycles. The van der Waals surface area contributed by atoms with E-state index in [1.807, 2.05) is 84.1 Å². The van der Waals surface area contributed by atoms with Gasteiger partial charge in [0.2, 0.25) is 5.91 Å². The first kappa shape index (κ1) is 48.4. The molecule has 1 aromatic carbocycles. The zero-order valence-electron chi connectivity index (χ0n) is 38.7. The highest BCUT2D eigenvalue weighted by atomic mass is 32.1. The fourth-order valence-corrected chi connectivity index (χ4v) is 10.7. The summed E-state index contributed by atoms with van der Waals surface area (Å²) >= 11 is 1.56. The second-order valence-corrected chi connectivity index (χ2v) is 19.4. The van der Waals surface area contributed by atoms with Gasteiger partial charge in [-0.05, 0) is 98.9 Å². The summed E-state index contributed by atoms with van der Waals surface area (Å²) in [4.78, 5) is 66.0. The first-order chi connectivity index (χ1) is 29.8. The number of aliphatic hydroxyl groups is 1. The van der Waals surface area contributed by atoms with Crippen LogP contribution < -0.4 is 0 Å². The van der Waals surface area contributed by atoms with Crippen LogP contribution in [0.15, 0.2) is 30.5 Å². The van der Waals surface area contributed by atoms with Gasteiger partial charge in [-0.15, -0.1) is 16.4 Å². The molecule has 0 aliphatic carbocycles. The monoisotopic (exact) mass is 897 g/mol. The van der Waals surface area contributed by atoms with Crippen molar-refractivity contribution in [2.75, 3.05) is 34.3 Å². The van der Waals surface area contributed by atoms with E-state index >= 15 is 0 Å². The molecule has 0 radical (unpaired) electrons. The Labute approximate surface area is 374 Å². The Morgan fingerprint density at radius 2 is 1.79 bits per heavy atom. The Kier molecular flexibility index (Phi) is 15.3. The molecular weight excluding hydrogens is 831 g/mol. The van der Waals surface area contributed by atoms with Crippen molar-refractivity contribution >= 4 is 45.3 Å². The summed E-state index contributed by atoms with van der Waals surface area (Å²) in [7, 11) is 5.30. The van der Waals surface area contributed by atoms with E-state index in [2.05, 4.69) is 10.3 Å². The topological polar surface area (TPSA) is 188 Å². The molecule has 0 bridgehead atoms. The van der Waals surface area contributed by atoms with Crippen LogP contribution in [0.25, 0.3) is 20.9 Å². The number of aliphatic hydroxyl groups excluding tert-OH is 1. The number of Topliss-reactive ketones (excluding diaryl/α,β-unsaturated/α-hetero) is 1. The van der Waals surface area contributed by atoms with E-state index in [0.29, 0.717) is 44.5 Å². The average molecular weight is 898 g/mol. The van der Waals surface area contributed by atoms with Crippen LogP contribution in [0.1, 0.15) is 93.9 Å². The molecule has 63 heavy (non-hydrogen) atoms. The van der Waals surface area contributed by atoms with E-state index in [1.165, 1.54) is 21.0 Å². The fraction of sp³-hybridized carbons (Fsp3) is 0.711. The minimum absolute atomic E-state index is 0.210. The summed E-state index contributed by atoms with van der Waals surface area (Å²) in [5.74, 6) is -2.86. The molecular formula is C45H67N7O10S. The third-order valence-corrected chi connectivity index (χ3v) is 14.4. The molecule has 5 heterocycles. The summed E-state index contributed by atoms with van der Waals surface area (Å²) in [6, 6.07) is 6.34. The minimum atomic E-state index is -1.39. The number of methoxy groups -OCH3 is 1. The normalized spacial score (nSPS) is 33.8. The second kappa shape index (κ2) is 20.0. The van der Waals surface area contributed by atoms with Crippen LogP contribution in [-0.4, -0.2) is 158 Å². The number of benzene rings is 1. The van der Waals surface area contributed by atoms with Crippen molar-refractivity contribution in [3.63, 3.8) is 0 Å². The van der Waals surface area contributed by atoms with Crippen molar-refractivity contribution in [3.05, 3.63) is 30.5 Å². The number of amides is 2. The van der Waals surface area contributed by atoms with Crippen molar-refractivity contribution in [1.82, 2.24) is 34.7 Å². The van der Waals surface area contributed by atoms with Gasteiger partial charge in [-0.1, -0.05) is 31.2 Å². The number of likely N-dealkylation sites (N-methyl/N-ethyl adjacent to an activating group) is 1. The lowest BCUT2D eigenvalue weighted by Crippen LogP contribution is -2.62. The number of unbranched alkanes of at least 4 members (excludes halogenated alkanes) is 1. The van der Waals surface area contributed by atoms with Gasteiger partial charge in [-0.25, -0.2) is 9.78 Å². The quantitative estimate of drug-likeness (QED) is 0.148. The highest BCUT2D eigenvalue weighted by Crippen LogP contribution is 2.41. The van der Waals surface area contributed by atoms with Gasteiger partial charge < -0.3 is 38.6 Å². The van der Waals surface area contributed by atoms with Gasteiger partial charge in [0.15, 0.2) is 11.9 Å². The van der Waals surface area contributed by atoms with Crippen LogP contribution in [-0.2, 0) is 44.6 Å². The van der Waals surface area contributed by atoms with Crippen LogP contribution in [0.2, 0.25) is 0 Å². The zero-order chi connectivity index (χ0) is 46.0. The number of ketones is 1. The average Bonchev–Trinajstić information content (AvgIpc) is 3.96. The van der Waals surface area contributed by atoms with Crippen molar-refractivity contribution in [2.24, 2.45) is 11.8 Å². The van der Waals surface area contributed by atoms with Crippen molar-refractivity contribution in [3.8, 4) is 10.7 Å². The van der Waals surface area contributed by atoms with Crippen LogP contribution in [0.3, 0.4) is 0 Å². The van der Waals surface area contributed by atoms with Crippen molar-refractivity contribution in [2.45, 2.75) is 160 Å². The summed E-state index contributed by atoms with van der Waals surface area (Å²) in [5.41, 5.74) is -0.931. The molecule has 2 unspecified atom stereocenters. The van der Waals surface area contributed by atoms with E-state index in [-0.39, 0.29) is 43.4 Å². The second-order valence-electron chi connectivity index (χ2n) is 18.4. The van der Waals surface area contributed by atoms with Crippen LogP contribution in [0.4, 0.5) is 4.79 Å². The summed E-state index contributed by atoms with van der Waals surface area (Å²) in [6.45, 7) is 15.3. The van der Waals surface area contributed by atoms with Gasteiger partial charge >= 0.3 is 12.1 Å². The number of rotatable bonds is 11. The smallest absolute Gasteiger partial charge is 0.410 e. The molecule has 18 heteroatoms. The maximum absolute atomic E-state index is 14.2. The molecule has 3 aliphatic rings. The number of aromatic nitrogens is 4. The summed E-state index contributed by atoms with van der Waals surface area (Å²) in [6.07, 6.45) is -0.810. The predicted octanol–water partition coefficient (Wildman–Crippen LogP) is 5.32. The third kappa shape index (κ3) is 10.4. The summed E-state index contributed by atoms with van der Waals surface area (Å²) < 4.78 is 34.2. The van der Waals surface area contributed by atoms with E-state index in [1.54, 1.807) is 32.7 Å². The van der Waals surface area contributed by atoms with Gasteiger partial charge in [-0.3, -0.25) is 24.0 Å². The van der Waals surface area contributed by atoms with Crippen LogP contribution in [0, 0.1) is 11.8 Å². The zero-order valence-corrected chi connectivity index (χ0v) is 39.5. The molecule has 3 aromatic rings. The van der Waals surface area contributed by atoms with Crippen LogP contribution in [0.5, 0.6) is 0 Å². The van der Waals surface area contributed by atoms with Crippen molar-refractivity contribution in [1.29, 1.82) is 0 Å². The molecule has 1 N–H and O–H groups in total. The fourth-order valence-electron chi connectivity index (χ4n) is 9.75. The molecule has 0 saturated carbocycles. The molecule has 12 atom stereocenters. The molecule has 17 nitrogen and oxygen atoms in total. The molecule has 0 spiro atoms. The number of para-hydroxylation sites is 1. The number of esters is 1. The molecule has 3 fully saturated rings. The van der Waals surface area contributed by atoms with Gasteiger partial charge in [0.1, 0.15) is 34.6 Å². The van der Waals surface area contributed by atoms with Crippen molar-refractivity contribution < 1.29 is 48.0 Å². The number of carbonyl (C=O) groups is 4. The number of ether oxygens (including phenoxy) is 5. The van der Waals surface area contributed by atoms with E-state index in [4.69, 9.17) is 28.7 Å². The highest BCUT2D eigenvalue weighted by molar-refractivity contribution is 7.21. The minimum Gasteiger partial charge on any atom is -0.458 e. The van der Waals surface area contributed by atoms with E-state index in [0.717, 1.165) is 15.2 Å². The van der Waals surface area contributed by atoms with Crippen LogP contribution >= 0.6 is 11.3 Å². The number of cyclic esters (lactones) is 1. The number of carbonyl (C=O) groups excluding carboxylic acids is 4. The number of thiazole rings is 1. The maximum Gasteiger partial charge on any atom is 0.410 e. The highest BCUT2D eigenvalue weighted by Gasteiger charge is 2.59. The standard InChI is InChI=1S/C45H67N7O10S/c1-12-36-45(8)39(51(43(57)62-45)20-16-15-19-50-25-32(47-48-50)40-46-31-17-13-14-18-35(31)63-40)29(5)52(30(6)53)24-26(2)23-44(7,58-11)37(22-34(54)28(4)41(56)60-36)61-42-38(55)33(49(9)10)21-27(3)59-42/h13-14,17-18,25-29,33,36-39,42,55H,12,15-16,19-24H2,1-11H3/t26-,27-,28-,29-,33?,36-,37-,38?,39-,42+,44+,45-/m1/s1. The SMILES string of the molecule is CC[C@H]1OC(=O)[C@H](C)C(=O)C[C@@H](O[C@@H]2O[C@H](C)CC(N(C)C)C2O)[C@@](C)(OC)C[C@@H](C)CN(C(C)=O)[C@H](C)[C@H]2N(CCCCn3cc(-c4nc5ccccc5s4)nn3)C(=O)O[C@]12C. The lowest BCUT2D eigenvalue weighted by atomic mass is 9.82. The Hall–Kier alpha value is -4.07. The molecule has 348 valence electrons. The maximum atomic E-state index is 14.2. The molecule has 2 aromatic heterocycles. The molecule has 6 rings (SSSR count). The third-order valence-electron chi connectivity index (χ3n) is 13.4. The Morgan fingerprint density at radius 3 is 2.46 bits per heavy atom. The van der Waals surface area contributed by atoms with Gasteiger partial charge in [-0.2, -0.15) is 0 Å². The number of nitrogens with zero attached hydrogens (tertiary/aromatic N) is 7. The number of fused-ring (bicyclic) bond motifs is 2. The number of hydrogen-bond acceptors (Lipinski definition) is 15. The Bertz CT molecular complexity index is 2050. The van der Waals surface area contributed by atoms with Gasteiger partial charge in [0.25, 0.3) is 0 Å². The Balaban J connectivity index is 1.25. The number of hydrogen-bond donors (Lipinski definition) is 1. The largest absolute Gasteiger partial charge is 0.458 e. The number of aryl methyl sites for hydroxylation is 1. The Morgan fingerprint density at radius 1 is 1.08 bits per heavy atom. The molecule has 3 saturated heterocycles. The lowest BCUT2D eigenvalue weighted by Gasteiger charge is -2.46. The van der Waals surface area contributed by atoms with Gasteiger partial charge in [0, 0.05) is 46.1 Å². The first-order valence-corrected chi connectivity index (χ1v) is 23.1. The summed E-state index contributed by atoms with van der Waals surface area (Å²) in [5, 5.41) is 20.9. The predicted molar refractivity (Wildman–Crippen MR) is 236 cm³/mol. The first-order valence-electron chi connectivity index (χ1n) is 22.3. The van der Waals surface area contributed by atoms with E-state index in [9.17, 15) is 24.3 Å². The van der Waals surface area contributed by atoms with Gasteiger partial charge in [0.05, 0.1) is 46.3 Å². The van der Waals surface area contributed by atoms with E-state index < -0.39 is 71.7 Å². The lowest BCUT2D eigenvalue weighted by molar-refractivity contribution is -0.289. The molecule has 2 amide bonds.